The third kappa shape index (κ3) is 3.42. The topological polar surface area (TPSA) is 35.5 Å². The number of ketones is 1. The van der Waals surface area contributed by atoms with E-state index in [0.29, 0.717) is 41.7 Å². The molecule has 1 aromatic carbocycles. The second-order valence-corrected chi connectivity index (χ2v) is 4.60. The van der Waals surface area contributed by atoms with E-state index in [1.807, 2.05) is 0 Å². The van der Waals surface area contributed by atoms with Gasteiger partial charge in [-0.25, -0.2) is 0 Å². The van der Waals surface area contributed by atoms with E-state index in [1.54, 1.807) is 18.2 Å². The Labute approximate surface area is 110 Å². The Balaban J connectivity index is 1.94. The number of hydrogen-bond acceptors (Lipinski definition) is 3. The zero-order valence-electron chi connectivity index (χ0n) is 9.12. The van der Waals surface area contributed by atoms with Gasteiger partial charge in [-0.2, -0.15) is 0 Å². The van der Waals surface area contributed by atoms with Crippen molar-refractivity contribution in [1.82, 2.24) is 0 Å². The van der Waals surface area contributed by atoms with E-state index >= 15 is 0 Å². The monoisotopic (exact) mass is 274 g/mol. The highest BCUT2D eigenvalue weighted by Crippen LogP contribution is 2.23. The van der Waals surface area contributed by atoms with Crippen LogP contribution in [0.5, 0.6) is 0 Å². The fraction of sp³-hybridized carbons (Fsp3) is 0.417. The third-order valence-corrected chi connectivity index (χ3v) is 3.08. The fourth-order valence-electron chi connectivity index (χ4n) is 1.67. The molecule has 1 fully saturated rings. The van der Waals surface area contributed by atoms with Gasteiger partial charge in [-0.15, -0.1) is 0 Å². The highest BCUT2D eigenvalue weighted by atomic mass is 35.5. The van der Waals surface area contributed by atoms with Crippen LogP contribution >= 0.6 is 23.2 Å². The summed E-state index contributed by atoms with van der Waals surface area (Å²) in [7, 11) is 0. The highest BCUT2D eigenvalue weighted by molar-refractivity contribution is 6.36. The number of benzene rings is 1. The molecule has 0 saturated carbocycles. The number of rotatable bonds is 4. The maximum Gasteiger partial charge on any atom is 0.164 e. The van der Waals surface area contributed by atoms with Crippen LogP contribution in [0.2, 0.25) is 10.0 Å². The number of carbonyl (C=O) groups excluding carboxylic acids is 1. The molecule has 0 N–H and O–H groups in total. The van der Waals surface area contributed by atoms with E-state index in [2.05, 4.69) is 0 Å². The molecule has 2 rings (SSSR count). The van der Waals surface area contributed by atoms with Crippen molar-refractivity contribution in [2.24, 2.45) is 0 Å². The SMILES string of the molecule is O=C(CCC1OCCO1)c1ccc(Cl)cc1Cl. The summed E-state index contributed by atoms with van der Waals surface area (Å²) in [6.45, 7) is 1.20. The smallest absolute Gasteiger partial charge is 0.164 e. The molecule has 1 aromatic rings. The van der Waals surface area contributed by atoms with Crippen LogP contribution < -0.4 is 0 Å². The third-order valence-electron chi connectivity index (χ3n) is 2.53. The first kappa shape index (κ1) is 12.8. The van der Waals surface area contributed by atoms with Crippen molar-refractivity contribution in [2.45, 2.75) is 19.1 Å². The van der Waals surface area contributed by atoms with Gasteiger partial charge in [-0.05, 0) is 18.2 Å². The van der Waals surface area contributed by atoms with Gasteiger partial charge in [0.15, 0.2) is 12.1 Å². The Morgan fingerprint density at radius 3 is 2.65 bits per heavy atom. The molecule has 3 nitrogen and oxygen atoms in total. The van der Waals surface area contributed by atoms with E-state index in [0.717, 1.165) is 0 Å². The Morgan fingerprint density at radius 2 is 2.00 bits per heavy atom. The van der Waals surface area contributed by atoms with Crippen LogP contribution in [0.25, 0.3) is 0 Å². The summed E-state index contributed by atoms with van der Waals surface area (Å²) in [6, 6.07) is 4.87. The molecular formula is C12H12Cl2O3. The van der Waals surface area contributed by atoms with Gasteiger partial charge in [-0.1, -0.05) is 23.2 Å². The van der Waals surface area contributed by atoms with Gasteiger partial charge >= 0.3 is 0 Å². The standard InChI is InChI=1S/C12H12Cl2O3/c13-8-1-2-9(10(14)7-8)11(15)3-4-12-16-5-6-17-12/h1-2,7,12H,3-6H2. The van der Waals surface area contributed by atoms with Gasteiger partial charge in [0.1, 0.15) is 0 Å². The molecule has 0 unspecified atom stereocenters. The lowest BCUT2D eigenvalue weighted by Gasteiger charge is -2.08. The van der Waals surface area contributed by atoms with Gasteiger partial charge in [0.25, 0.3) is 0 Å². The normalized spacial score (nSPS) is 16.4. The van der Waals surface area contributed by atoms with Crippen molar-refractivity contribution in [3.05, 3.63) is 33.8 Å². The van der Waals surface area contributed by atoms with Crippen LogP contribution in [0, 0.1) is 0 Å². The van der Waals surface area contributed by atoms with Gasteiger partial charge in [0.2, 0.25) is 0 Å². The molecule has 92 valence electrons. The Kier molecular flexibility index (Phi) is 4.40. The molecule has 0 aliphatic carbocycles. The predicted molar refractivity (Wildman–Crippen MR) is 65.7 cm³/mol. The fourth-order valence-corrected chi connectivity index (χ4v) is 2.19. The molecule has 0 bridgehead atoms. The maximum atomic E-state index is 11.9. The van der Waals surface area contributed by atoms with Crippen LogP contribution in [0.1, 0.15) is 23.2 Å². The Bertz CT molecular complexity index is 414. The van der Waals surface area contributed by atoms with Gasteiger partial charge in [0, 0.05) is 23.4 Å². The summed E-state index contributed by atoms with van der Waals surface area (Å²) in [4.78, 5) is 11.9. The molecule has 5 heteroatoms. The average Bonchev–Trinajstić information content (AvgIpc) is 2.78. The summed E-state index contributed by atoms with van der Waals surface area (Å²) in [5.74, 6) is -0.0224. The minimum atomic E-state index is -0.259. The van der Waals surface area contributed by atoms with Crippen LogP contribution in [-0.2, 0) is 9.47 Å². The lowest BCUT2D eigenvalue weighted by atomic mass is 10.1. The molecule has 0 spiro atoms. The van der Waals surface area contributed by atoms with Crippen molar-refractivity contribution >= 4 is 29.0 Å². The summed E-state index contributed by atoms with van der Waals surface area (Å²) < 4.78 is 10.5. The van der Waals surface area contributed by atoms with E-state index < -0.39 is 0 Å². The number of Topliss-reactive ketones (excluding diaryl/α,β-unsaturated/α-hetero) is 1. The zero-order valence-corrected chi connectivity index (χ0v) is 10.6. The Morgan fingerprint density at radius 1 is 1.29 bits per heavy atom. The second-order valence-electron chi connectivity index (χ2n) is 3.76. The second kappa shape index (κ2) is 5.83. The summed E-state index contributed by atoms with van der Waals surface area (Å²) in [5.41, 5.74) is 0.495. The van der Waals surface area contributed by atoms with Crippen LogP contribution in [0.15, 0.2) is 18.2 Å². The molecule has 1 heterocycles. The number of hydrogen-bond donors (Lipinski definition) is 0. The highest BCUT2D eigenvalue weighted by Gasteiger charge is 2.18. The lowest BCUT2D eigenvalue weighted by Crippen LogP contribution is -2.11. The molecule has 17 heavy (non-hydrogen) atoms. The first-order valence-electron chi connectivity index (χ1n) is 5.38. The van der Waals surface area contributed by atoms with Gasteiger partial charge in [-0.3, -0.25) is 4.79 Å². The number of carbonyl (C=O) groups is 1. The van der Waals surface area contributed by atoms with Crippen molar-refractivity contribution in [2.75, 3.05) is 13.2 Å². The predicted octanol–water partition coefficient (Wildman–Crippen LogP) is 3.33. The van der Waals surface area contributed by atoms with E-state index in [1.165, 1.54) is 0 Å². The van der Waals surface area contributed by atoms with Crippen molar-refractivity contribution < 1.29 is 14.3 Å². The minimum Gasteiger partial charge on any atom is -0.350 e. The molecule has 1 aliphatic heterocycles. The average molecular weight is 275 g/mol. The molecular weight excluding hydrogens is 263 g/mol. The summed E-state index contributed by atoms with van der Waals surface area (Å²) in [6.07, 6.45) is 0.647. The largest absolute Gasteiger partial charge is 0.350 e. The molecule has 0 amide bonds. The lowest BCUT2D eigenvalue weighted by molar-refractivity contribution is -0.0464. The zero-order chi connectivity index (χ0) is 12.3. The quantitative estimate of drug-likeness (QED) is 0.791. The summed E-state index contributed by atoms with van der Waals surface area (Å²) >= 11 is 11.7. The van der Waals surface area contributed by atoms with Crippen LogP contribution in [0.4, 0.5) is 0 Å². The van der Waals surface area contributed by atoms with E-state index in [-0.39, 0.29) is 12.1 Å². The van der Waals surface area contributed by atoms with Gasteiger partial charge in [0.05, 0.1) is 18.2 Å². The molecule has 1 saturated heterocycles. The summed E-state index contributed by atoms with van der Waals surface area (Å²) in [5, 5.41) is 0.907. The molecule has 0 aromatic heterocycles. The molecule has 0 radical (unpaired) electrons. The first-order valence-corrected chi connectivity index (χ1v) is 6.14. The van der Waals surface area contributed by atoms with Crippen molar-refractivity contribution in [1.29, 1.82) is 0 Å². The van der Waals surface area contributed by atoms with E-state index in [4.69, 9.17) is 32.7 Å². The van der Waals surface area contributed by atoms with Gasteiger partial charge < -0.3 is 9.47 Å². The van der Waals surface area contributed by atoms with Crippen molar-refractivity contribution in [3.8, 4) is 0 Å². The van der Waals surface area contributed by atoms with Crippen LogP contribution in [-0.4, -0.2) is 25.3 Å². The van der Waals surface area contributed by atoms with Crippen LogP contribution in [0.3, 0.4) is 0 Å². The minimum absolute atomic E-state index is 0.0224. The van der Waals surface area contributed by atoms with E-state index in [9.17, 15) is 4.79 Å². The van der Waals surface area contributed by atoms with Crippen molar-refractivity contribution in [3.63, 3.8) is 0 Å². The first-order chi connectivity index (χ1) is 8.16. The molecule has 1 aliphatic rings. The Hall–Kier alpha value is -0.610. The number of ether oxygens (including phenoxy) is 2. The maximum absolute atomic E-state index is 11.9. The number of halogens is 2. The molecule has 0 atom stereocenters.